The van der Waals surface area contributed by atoms with Crippen molar-refractivity contribution in [1.29, 1.82) is 0 Å². The molecule has 1 aliphatic rings. The lowest BCUT2D eigenvalue weighted by Crippen LogP contribution is -2.37. The maximum absolute atomic E-state index is 12.8. The molecule has 3 rings (SSSR count). The first-order chi connectivity index (χ1) is 12.8. The minimum absolute atomic E-state index is 0.0282. The van der Waals surface area contributed by atoms with Gasteiger partial charge in [-0.05, 0) is 67.6 Å². The Morgan fingerprint density at radius 1 is 1.19 bits per heavy atom. The molecule has 0 fully saturated rings. The SMILES string of the molecule is COCC(=O)N1CCCc2cc(NS(=O)(=O)c3cc(C)ccc3C)ccc21. The Kier molecular flexibility index (Phi) is 5.53. The van der Waals surface area contributed by atoms with Gasteiger partial charge in [-0.15, -0.1) is 0 Å². The molecule has 0 bridgehead atoms. The van der Waals surface area contributed by atoms with Crippen LogP contribution < -0.4 is 9.62 Å². The molecule has 0 aromatic heterocycles. The van der Waals surface area contributed by atoms with E-state index in [0.29, 0.717) is 17.8 Å². The number of nitrogens with one attached hydrogen (secondary N) is 1. The van der Waals surface area contributed by atoms with Gasteiger partial charge in [-0.25, -0.2) is 8.42 Å². The van der Waals surface area contributed by atoms with Gasteiger partial charge in [0.2, 0.25) is 0 Å². The molecule has 1 amide bonds. The summed E-state index contributed by atoms with van der Waals surface area (Å²) in [5.41, 5.74) is 3.85. The number of anilines is 2. The van der Waals surface area contributed by atoms with Crippen LogP contribution in [0.2, 0.25) is 0 Å². The van der Waals surface area contributed by atoms with E-state index in [0.717, 1.165) is 29.7 Å². The molecule has 0 saturated carbocycles. The van der Waals surface area contributed by atoms with Gasteiger partial charge in [-0.1, -0.05) is 12.1 Å². The molecule has 1 heterocycles. The Balaban J connectivity index is 1.89. The Morgan fingerprint density at radius 3 is 2.70 bits per heavy atom. The fourth-order valence-corrected chi connectivity index (χ4v) is 4.71. The van der Waals surface area contributed by atoms with Crippen LogP contribution in [0, 0.1) is 13.8 Å². The lowest BCUT2D eigenvalue weighted by atomic mass is 10.0. The first-order valence-electron chi connectivity index (χ1n) is 8.84. The number of nitrogens with zero attached hydrogens (tertiary/aromatic N) is 1. The molecular formula is C20H24N2O4S. The largest absolute Gasteiger partial charge is 0.375 e. The van der Waals surface area contributed by atoms with E-state index in [1.165, 1.54) is 7.11 Å². The van der Waals surface area contributed by atoms with Gasteiger partial charge in [0.15, 0.2) is 0 Å². The number of benzene rings is 2. The Labute approximate surface area is 160 Å². The van der Waals surface area contributed by atoms with Crippen LogP contribution in [-0.4, -0.2) is 34.6 Å². The van der Waals surface area contributed by atoms with E-state index in [-0.39, 0.29) is 17.4 Å². The van der Waals surface area contributed by atoms with E-state index >= 15 is 0 Å². The van der Waals surface area contributed by atoms with E-state index in [4.69, 9.17) is 4.74 Å². The summed E-state index contributed by atoms with van der Waals surface area (Å²) >= 11 is 0. The number of aryl methyl sites for hydroxylation is 3. The topological polar surface area (TPSA) is 75.7 Å². The first kappa shape index (κ1) is 19.4. The van der Waals surface area contributed by atoms with Gasteiger partial charge in [-0.2, -0.15) is 0 Å². The minimum Gasteiger partial charge on any atom is -0.375 e. The van der Waals surface area contributed by atoms with Gasteiger partial charge in [0.05, 0.1) is 4.90 Å². The van der Waals surface area contributed by atoms with Crippen molar-refractivity contribution >= 4 is 27.3 Å². The average molecular weight is 388 g/mol. The second-order valence-corrected chi connectivity index (χ2v) is 8.45. The minimum atomic E-state index is -3.68. The molecular weight excluding hydrogens is 364 g/mol. The third kappa shape index (κ3) is 4.14. The van der Waals surface area contributed by atoms with Crippen LogP contribution in [0.3, 0.4) is 0 Å². The van der Waals surface area contributed by atoms with Crippen LogP contribution in [0.25, 0.3) is 0 Å². The molecule has 7 heteroatoms. The third-order valence-corrected chi connectivity index (χ3v) is 6.18. The number of amides is 1. The zero-order chi connectivity index (χ0) is 19.6. The van der Waals surface area contributed by atoms with Crippen molar-refractivity contribution in [2.45, 2.75) is 31.6 Å². The predicted octanol–water partition coefficient (Wildman–Crippen LogP) is 3.03. The molecule has 1 N–H and O–H groups in total. The summed E-state index contributed by atoms with van der Waals surface area (Å²) in [7, 11) is -2.19. The van der Waals surface area contributed by atoms with E-state index in [1.54, 1.807) is 36.1 Å². The van der Waals surface area contributed by atoms with Crippen molar-refractivity contribution in [2.75, 3.05) is 29.9 Å². The zero-order valence-corrected chi connectivity index (χ0v) is 16.6. The highest BCUT2D eigenvalue weighted by molar-refractivity contribution is 7.92. The number of hydrogen-bond acceptors (Lipinski definition) is 4. The molecule has 2 aromatic rings. The zero-order valence-electron chi connectivity index (χ0n) is 15.8. The Morgan fingerprint density at radius 2 is 1.96 bits per heavy atom. The van der Waals surface area contributed by atoms with E-state index < -0.39 is 10.0 Å². The second kappa shape index (κ2) is 7.70. The lowest BCUT2D eigenvalue weighted by molar-refractivity contribution is -0.122. The maximum Gasteiger partial charge on any atom is 0.262 e. The van der Waals surface area contributed by atoms with Gasteiger partial charge in [0.25, 0.3) is 15.9 Å². The summed E-state index contributed by atoms with van der Waals surface area (Å²) < 4.78 is 33.2. The number of carbonyl (C=O) groups is 1. The number of sulfonamides is 1. The van der Waals surface area contributed by atoms with Gasteiger partial charge in [0, 0.05) is 25.0 Å². The molecule has 0 radical (unpaired) electrons. The van der Waals surface area contributed by atoms with E-state index in [1.807, 2.05) is 19.1 Å². The molecule has 6 nitrogen and oxygen atoms in total. The smallest absolute Gasteiger partial charge is 0.262 e. The molecule has 0 atom stereocenters. The summed E-state index contributed by atoms with van der Waals surface area (Å²) in [5.74, 6) is -0.0952. The van der Waals surface area contributed by atoms with Crippen LogP contribution in [0.15, 0.2) is 41.3 Å². The van der Waals surface area contributed by atoms with Crippen LogP contribution in [0.1, 0.15) is 23.1 Å². The van der Waals surface area contributed by atoms with Crippen molar-refractivity contribution in [3.63, 3.8) is 0 Å². The summed E-state index contributed by atoms with van der Waals surface area (Å²) in [4.78, 5) is 14.2. The van der Waals surface area contributed by atoms with Crippen molar-refractivity contribution in [1.82, 2.24) is 0 Å². The highest BCUT2D eigenvalue weighted by Crippen LogP contribution is 2.31. The molecule has 0 saturated heterocycles. The first-order valence-corrected chi connectivity index (χ1v) is 10.3. The normalized spacial score (nSPS) is 14.0. The maximum atomic E-state index is 12.8. The number of methoxy groups -OCH3 is 1. The van der Waals surface area contributed by atoms with Crippen LogP contribution in [-0.2, 0) is 26.0 Å². The number of carbonyl (C=O) groups excluding carboxylic acids is 1. The molecule has 0 unspecified atom stereocenters. The summed E-state index contributed by atoms with van der Waals surface area (Å²) in [6.45, 7) is 4.31. The molecule has 144 valence electrons. The summed E-state index contributed by atoms with van der Waals surface area (Å²) in [5, 5.41) is 0. The fraction of sp³-hybridized carbons (Fsp3) is 0.350. The molecule has 2 aromatic carbocycles. The third-order valence-electron chi connectivity index (χ3n) is 4.65. The summed E-state index contributed by atoms with van der Waals surface area (Å²) in [6.07, 6.45) is 1.63. The fourth-order valence-electron chi connectivity index (χ4n) is 3.33. The highest BCUT2D eigenvalue weighted by atomic mass is 32.2. The highest BCUT2D eigenvalue weighted by Gasteiger charge is 2.23. The molecule has 27 heavy (non-hydrogen) atoms. The number of fused-ring (bicyclic) bond motifs is 1. The standard InChI is InChI=1S/C20H24N2O4S/c1-14-6-7-15(2)19(11-14)27(24,25)21-17-8-9-18-16(12-17)5-4-10-22(18)20(23)13-26-3/h6-9,11-12,21H,4-5,10,13H2,1-3H3. The monoisotopic (exact) mass is 388 g/mol. The molecule has 0 aliphatic carbocycles. The van der Waals surface area contributed by atoms with E-state index in [9.17, 15) is 13.2 Å². The number of hydrogen-bond donors (Lipinski definition) is 1. The number of ether oxygens (including phenoxy) is 1. The van der Waals surface area contributed by atoms with Gasteiger partial charge < -0.3 is 9.64 Å². The Bertz CT molecular complexity index is 970. The van der Waals surface area contributed by atoms with Crippen molar-refractivity contribution in [3.05, 3.63) is 53.1 Å². The molecule has 1 aliphatic heterocycles. The average Bonchev–Trinajstić information content (AvgIpc) is 2.62. The van der Waals surface area contributed by atoms with Crippen molar-refractivity contribution in [2.24, 2.45) is 0 Å². The lowest BCUT2D eigenvalue weighted by Gasteiger charge is -2.29. The van der Waals surface area contributed by atoms with Crippen LogP contribution in [0.4, 0.5) is 11.4 Å². The van der Waals surface area contributed by atoms with Crippen LogP contribution >= 0.6 is 0 Å². The van der Waals surface area contributed by atoms with Crippen molar-refractivity contribution < 1.29 is 17.9 Å². The summed E-state index contributed by atoms with van der Waals surface area (Å²) in [6, 6.07) is 10.7. The second-order valence-electron chi connectivity index (χ2n) is 6.80. The van der Waals surface area contributed by atoms with Crippen molar-refractivity contribution in [3.8, 4) is 0 Å². The predicted molar refractivity (Wildman–Crippen MR) is 106 cm³/mol. The van der Waals surface area contributed by atoms with Gasteiger partial charge >= 0.3 is 0 Å². The Hall–Kier alpha value is -2.38. The quantitative estimate of drug-likeness (QED) is 0.854. The van der Waals surface area contributed by atoms with Crippen LogP contribution in [0.5, 0.6) is 0 Å². The molecule has 0 spiro atoms. The number of rotatable bonds is 5. The van der Waals surface area contributed by atoms with Gasteiger partial charge in [-0.3, -0.25) is 9.52 Å². The van der Waals surface area contributed by atoms with Gasteiger partial charge in [0.1, 0.15) is 6.61 Å². The van der Waals surface area contributed by atoms with E-state index in [2.05, 4.69) is 4.72 Å².